The molecule has 0 radical (unpaired) electrons. The van der Waals surface area contributed by atoms with Crippen molar-refractivity contribution in [2.75, 3.05) is 13.1 Å². The highest BCUT2D eigenvalue weighted by molar-refractivity contribution is 5.60. The molecule has 0 saturated carbocycles. The fourth-order valence-corrected chi connectivity index (χ4v) is 3.47. The van der Waals surface area contributed by atoms with Crippen molar-refractivity contribution in [1.29, 1.82) is 0 Å². The van der Waals surface area contributed by atoms with Crippen molar-refractivity contribution in [1.82, 2.24) is 9.88 Å². The molecule has 0 spiro atoms. The standard InChI is InChI=1S/C18H23N3O4/c1-18(2,22)16-7-4-9-20(16)10-8-17-19-12-15(25-17)13-5-3-6-14(11-13)21(23)24/h3,5-6,11-12,16,22H,4,7-10H2,1-2H3. The van der Waals surface area contributed by atoms with E-state index >= 15 is 0 Å². The Morgan fingerprint density at radius 3 is 3.00 bits per heavy atom. The molecular weight excluding hydrogens is 322 g/mol. The highest BCUT2D eigenvalue weighted by Gasteiger charge is 2.35. The highest BCUT2D eigenvalue weighted by atomic mass is 16.6. The Balaban J connectivity index is 1.66. The van der Waals surface area contributed by atoms with Crippen LogP contribution in [0.25, 0.3) is 11.3 Å². The molecule has 2 heterocycles. The average molecular weight is 345 g/mol. The van der Waals surface area contributed by atoms with Crippen molar-refractivity contribution in [2.45, 2.75) is 44.8 Å². The van der Waals surface area contributed by atoms with Gasteiger partial charge in [-0.05, 0) is 33.2 Å². The van der Waals surface area contributed by atoms with E-state index in [0.717, 1.165) is 25.9 Å². The zero-order chi connectivity index (χ0) is 18.0. The van der Waals surface area contributed by atoms with Gasteiger partial charge in [-0.2, -0.15) is 0 Å². The van der Waals surface area contributed by atoms with Crippen LogP contribution in [-0.2, 0) is 6.42 Å². The van der Waals surface area contributed by atoms with Crippen LogP contribution in [0.4, 0.5) is 5.69 Å². The van der Waals surface area contributed by atoms with Crippen molar-refractivity contribution in [2.24, 2.45) is 0 Å². The van der Waals surface area contributed by atoms with E-state index in [-0.39, 0.29) is 11.7 Å². The number of hydrogen-bond acceptors (Lipinski definition) is 6. The van der Waals surface area contributed by atoms with Gasteiger partial charge in [-0.3, -0.25) is 15.0 Å². The minimum atomic E-state index is -0.721. The highest BCUT2D eigenvalue weighted by Crippen LogP contribution is 2.28. The number of hydrogen-bond donors (Lipinski definition) is 1. The Bertz CT molecular complexity index is 751. The van der Waals surface area contributed by atoms with E-state index in [1.807, 2.05) is 13.8 Å². The van der Waals surface area contributed by atoms with Crippen LogP contribution in [0, 0.1) is 10.1 Å². The minimum absolute atomic E-state index is 0.0283. The van der Waals surface area contributed by atoms with Gasteiger partial charge >= 0.3 is 0 Å². The van der Waals surface area contributed by atoms with Crippen molar-refractivity contribution in [3.8, 4) is 11.3 Å². The summed E-state index contributed by atoms with van der Waals surface area (Å²) in [6, 6.07) is 6.48. The van der Waals surface area contributed by atoms with Gasteiger partial charge in [0.05, 0.1) is 16.7 Å². The van der Waals surface area contributed by atoms with E-state index < -0.39 is 10.5 Å². The molecule has 3 rings (SSSR count). The van der Waals surface area contributed by atoms with Crippen LogP contribution in [0.2, 0.25) is 0 Å². The van der Waals surface area contributed by atoms with E-state index in [1.165, 1.54) is 12.1 Å². The van der Waals surface area contributed by atoms with Crippen LogP contribution in [0.3, 0.4) is 0 Å². The lowest BCUT2D eigenvalue weighted by atomic mass is 9.96. The van der Waals surface area contributed by atoms with Gasteiger partial charge in [0.2, 0.25) is 0 Å². The number of benzene rings is 1. The smallest absolute Gasteiger partial charge is 0.270 e. The zero-order valence-corrected chi connectivity index (χ0v) is 14.5. The number of likely N-dealkylation sites (tertiary alicyclic amines) is 1. The third-order valence-electron chi connectivity index (χ3n) is 4.69. The van der Waals surface area contributed by atoms with E-state index in [1.54, 1.807) is 18.3 Å². The molecule has 1 saturated heterocycles. The van der Waals surface area contributed by atoms with Crippen molar-refractivity contribution in [3.63, 3.8) is 0 Å². The normalized spacial score (nSPS) is 18.6. The summed E-state index contributed by atoms with van der Waals surface area (Å²) in [7, 11) is 0. The molecule has 1 aromatic heterocycles. The summed E-state index contributed by atoms with van der Waals surface area (Å²) >= 11 is 0. The molecule has 1 atom stereocenters. The summed E-state index contributed by atoms with van der Waals surface area (Å²) in [5, 5.41) is 21.2. The Hall–Kier alpha value is -2.25. The van der Waals surface area contributed by atoms with Gasteiger partial charge in [-0.25, -0.2) is 4.98 Å². The van der Waals surface area contributed by atoms with E-state index in [2.05, 4.69) is 9.88 Å². The lowest BCUT2D eigenvalue weighted by Crippen LogP contribution is -2.46. The number of non-ortho nitro benzene ring substituents is 1. The van der Waals surface area contributed by atoms with Gasteiger partial charge in [0.1, 0.15) is 0 Å². The maximum absolute atomic E-state index is 10.9. The summed E-state index contributed by atoms with van der Waals surface area (Å²) < 4.78 is 5.76. The van der Waals surface area contributed by atoms with Crippen LogP contribution in [0.5, 0.6) is 0 Å². The third-order valence-corrected chi connectivity index (χ3v) is 4.69. The van der Waals surface area contributed by atoms with E-state index in [9.17, 15) is 15.2 Å². The largest absolute Gasteiger partial charge is 0.441 e. The SMILES string of the molecule is CC(C)(O)C1CCCN1CCc1ncc(-c2cccc([N+](=O)[O-])c2)o1. The molecule has 1 aromatic carbocycles. The lowest BCUT2D eigenvalue weighted by molar-refractivity contribution is -0.384. The Labute approximate surface area is 146 Å². The van der Waals surface area contributed by atoms with Crippen LogP contribution < -0.4 is 0 Å². The van der Waals surface area contributed by atoms with Crippen LogP contribution in [0.15, 0.2) is 34.9 Å². The first-order valence-corrected chi connectivity index (χ1v) is 8.50. The summed E-state index contributed by atoms with van der Waals surface area (Å²) in [6.45, 7) is 5.43. The maximum Gasteiger partial charge on any atom is 0.270 e. The van der Waals surface area contributed by atoms with Gasteiger partial charge in [-0.15, -0.1) is 0 Å². The monoisotopic (exact) mass is 345 g/mol. The van der Waals surface area contributed by atoms with Gasteiger partial charge in [0.25, 0.3) is 5.69 Å². The molecule has 134 valence electrons. The summed E-state index contributed by atoms with van der Waals surface area (Å²) in [5.74, 6) is 1.13. The molecule has 1 fully saturated rings. The Morgan fingerprint density at radius 1 is 1.48 bits per heavy atom. The molecular formula is C18H23N3O4. The molecule has 2 aromatic rings. The maximum atomic E-state index is 10.9. The van der Waals surface area contributed by atoms with E-state index in [0.29, 0.717) is 23.6 Å². The summed E-state index contributed by atoms with van der Waals surface area (Å²) in [6.07, 6.45) is 4.32. The fraction of sp³-hybridized carbons (Fsp3) is 0.500. The topological polar surface area (TPSA) is 92.6 Å². The molecule has 1 aliphatic heterocycles. The molecule has 0 amide bonds. The molecule has 0 bridgehead atoms. The van der Waals surface area contributed by atoms with Crippen molar-refractivity contribution >= 4 is 5.69 Å². The molecule has 7 nitrogen and oxygen atoms in total. The predicted octanol–water partition coefficient (Wildman–Crippen LogP) is 3.03. The number of nitro benzene ring substituents is 1. The fourth-order valence-electron chi connectivity index (χ4n) is 3.47. The van der Waals surface area contributed by atoms with Crippen molar-refractivity contribution in [3.05, 3.63) is 46.5 Å². The number of rotatable bonds is 6. The summed E-state index contributed by atoms with van der Waals surface area (Å²) in [5.41, 5.74) is -0.0506. The predicted molar refractivity (Wildman–Crippen MR) is 93.2 cm³/mol. The number of oxazole rings is 1. The first kappa shape index (κ1) is 17.6. The van der Waals surface area contributed by atoms with Gasteiger partial charge in [0.15, 0.2) is 11.7 Å². The number of aliphatic hydroxyl groups is 1. The molecule has 0 aliphatic carbocycles. The molecule has 1 N–H and O–H groups in total. The number of nitrogens with zero attached hydrogens (tertiary/aromatic N) is 3. The summed E-state index contributed by atoms with van der Waals surface area (Å²) in [4.78, 5) is 17.0. The molecule has 1 unspecified atom stereocenters. The average Bonchev–Trinajstić information content (AvgIpc) is 3.22. The van der Waals surface area contributed by atoms with Crippen LogP contribution in [0.1, 0.15) is 32.6 Å². The lowest BCUT2D eigenvalue weighted by Gasteiger charge is -2.33. The van der Waals surface area contributed by atoms with Crippen LogP contribution in [-0.4, -0.2) is 44.6 Å². The second-order valence-electron chi connectivity index (χ2n) is 7.02. The van der Waals surface area contributed by atoms with Gasteiger partial charge in [0, 0.05) is 36.7 Å². The third kappa shape index (κ3) is 4.05. The molecule has 1 aliphatic rings. The van der Waals surface area contributed by atoms with Gasteiger partial charge < -0.3 is 9.52 Å². The number of nitro groups is 1. The number of aromatic nitrogens is 1. The minimum Gasteiger partial charge on any atom is -0.441 e. The Kier molecular flexibility index (Phi) is 4.87. The van der Waals surface area contributed by atoms with Crippen LogP contribution >= 0.6 is 0 Å². The van der Waals surface area contributed by atoms with Gasteiger partial charge in [-0.1, -0.05) is 12.1 Å². The Morgan fingerprint density at radius 2 is 2.28 bits per heavy atom. The second-order valence-corrected chi connectivity index (χ2v) is 7.02. The quantitative estimate of drug-likeness (QED) is 0.639. The first-order valence-electron chi connectivity index (χ1n) is 8.50. The first-order chi connectivity index (χ1) is 11.8. The molecule has 25 heavy (non-hydrogen) atoms. The second kappa shape index (κ2) is 6.93. The van der Waals surface area contributed by atoms with Crippen molar-refractivity contribution < 1.29 is 14.4 Å². The zero-order valence-electron chi connectivity index (χ0n) is 14.5. The molecule has 7 heteroatoms. The van der Waals surface area contributed by atoms with E-state index in [4.69, 9.17) is 4.42 Å².